The molecule has 0 aromatic heterocycles. The number of carbonyl (C=O) groups is 2. The molecule has 0 atom stereocenters. The molecule has 1 aliphatic rings. The van der Waals surface area contributed by atoms with Crippen molar-refractivity contribution in [2.24, 2.45) is 0 Å². The quantitative estimate of drug-likeness (QED) is 0.468. The Hall–Kier alpha value is -2.50. The largest absolute Gasteiger partial charge is 0.493 e. The maximum Gasteiger partial charge on any atom is 0.342 e. The molecule has 0 saturated carbocycles. The lowest BCUT2D eigenvalue weighted by atomic mass is 10.1. The van der Waals surface area contributed by atoms with E-state index in [-0.39, 0.29) is 18.0 Å². The van der Waals surface area contributed by atoms with Crippen LogP contribution < -0.4 is 14.2 Å². The molecule has 0 N–H and O–H groups in total. The lowest BCUT2D eigenvalue weighted by Crippen LogP contribution is -2.01. The smallest absolute Gasteiger partial charge is 0.342 e. The lowest BCUT2D eigenvalue weighted by molar-refractivity contribution is -0.135. The van der Waals surface area contributed by atoms with Gasteiger partial charge in [-0.15, -0.1) is 0 Å². The van der Waals surface area contributed by atoms with Gasteiger partial charge in [-0.2, -0.15) is 0 Å². The molecule has 1 aliphatic heterocycles. The second-order valence-corrected chi connectivity index (χ2v) is 4.02. The van der Waals surface area contributed by atoms with Crippen molar-refractivity contribution in [3.8, 4) is 17.2 Å². The molecule has 1 fully saturated rings. The van der Waals surface area contributed by atoms with Gasteiger partial charge in [0.1, 0.15) is 5.57 Å². The highest BCUT2D eigenvalue weighted by molar-refractivity contribution is 6.24. The third kappa shape index (κ3) is 2.45. The minimum absolute atomic E-state index is 0.0132. The van der Waals surface area contributed by atoms with Gasteiger partial charge in [-0.1, -0.05) is 0 Å². The van der Waals surface area contributed by atoms with Crippen molar-refractivity contribution < 1.29 is 28.5 Å². The number of Topliss-reactive ketones (excluding diaryl/α,β-unsaturated/α-hetero) is 1. The maximum absolute atomic E-state index is 11.5. The molecule has 20 heavy (non-hydrogen) atoms. The predicted molar refractivity (Wildman–Crippen MR) is 70.0 cm³/mol. The van der Waals surface area contributed by atoms with Crippen LogP contribution >= 0.6 is 0 Å². The fourth-order valence-corrected chi connectivity index (χ4v) is 1.89. The summed E-state index contributed by atoms with van der Waals surface area (Å²) < 4.78 is 20.3. The summed E-state index contributed by atoms with van der Waals surface area (Å²) in [7, 11) is 4.47. The number of methoxy groups -OCH3 is 3. The van der Waals surface area contributed by atoms with Gasteiger partial charge in [-0.05, 0) is 23.8 Å². The maximum atomic E-state index is 11.5. The average molecular weight is 278 g/mol. The number of rotatable bonds is 4. The zero-order valence-electron chi connectivity index (χ0n) is 11.4. The normalized spacial score (nSPS) is 16.2. The zero-order valence-corrected chi connectivity index (χ0v) is 11.4. The molecule has 0 spiro atoms. The van der Waals surface area contributed by atoms with Crippen molar-refractivity contribution >= 4 is 17.8 Å². The number of esters is 1. The molecule has 6 heteroatoms. The molecule has 0 unspecified atom stereocenters. The van der Waals surface area contributed by atoms with Gasteiger partial charge in [-0.25, -0.2) is 4.79 Å². The third-order valence-electron chi connectivity index (χ3n) is 2.85. The minimum Gasteiger partial charge on any atom is -0.493 e. The molecule has 0 bridgehead atoms. The van der Waals surface area contributed by atoms with Crippen LogP contribution in [0, 0.1) is 0 Å². The number of ketones is 1. The highest BCUT2D eigenvalue weighted by Gasteiger charge is 2.28. The molecule has 1 aromatic rings. The van der Waals surface area contributed by atoms with Crippen molar-refractivity contribution in [1.82, 2.24) is 0 Å². The number of ether oxygens (including phenoxy) is 4. The first-order valence-corrected chi connectivity index (χ1v) is 5.82. The van der Waals surface area contributed by atoms with Gasteiger partial charge >= 0.3 is 5.97 Å². The standard InChI is InChI=1S/C14H14O6/c1-17-11-5-8(6-12(18-2)13(11)19-3)4-9-10(15)7-20-14(9)16/h4-6H,7H2,1-3H3/b9-4+. The molecule has 0 radical (unpaired) electrons. The Labute approximate surface area is 115 Å². The third-order valence-corrected chi connectivity index (χ3v) is 2.85. The van der Waals surface area contributed by atoms with Crippen LogP contribution in [0.3, 0.4) is 0 Å². The molecule has 2 rings (SSSR count). The second kappa shape index (κ2) is 5.64. The topological polar surface area (TPSA) is 71.1 Å². The monoisotopic (exact) mass is 278 g/mol. The Morgan fingerprint density at radius 1 is 1.05 bits per heavy atom. The van der Waals surface area contributed by atoms with Crippen molar-refractivity contribution in [2.75, 3.05) is 27.9 Å². The number of hydrogen-bond acceptors (Lipinski definition) is 6. The van der Waals surface area contributed by atoms with Crippen molar-refractivity contribution in [2.45, 2.75) is 0 Å². The fourth-order valence-electron chi connectivity index (χ4n) is 1.89. The van der Waals surface area contributed by atoms with Gasteiger partial charge in [0.25, 0.3) is 0 Å². The van der Waals surface area contributed by atoms with E-state index in [1.807, 2.05) is 0 Å². The van der Waals surface area contributed by atoms with Crippen LogP contribution in [-0.2, 0) is 14.3 Å². The highest BCUT2D eigenvalue weighted by Crippen LogP contribution is 2.38. The van der Waals surface area contributed by atoms with Crippen LogP contribution in [0.15, 0.2) is 17.7 Å². The van der Waals surface area contributed by atoms with E-state index in [4.69, 9.17) is 14.2 Å². The summed E-state index contributed by atoms with van der Waals surface area (Å²) in [4.78, 5) is 22.9. The molecule has 1 heterocycles. The molecule has 6 nitrogen and oxygen atoms in total. The van der Waals surface area contributed by atoms with Gasteiger partial charge in [-0.3, -0.25) is 4.79 Å². The summed E-state index contributed by atoms with van der Waals surface area (Å²) in [6, 6.07) is 3.29. The van der Waals surface area contributed by atoms with E-state index in [9.17, 15) is 9.59 Å². The molecular weight excluding hydrogens is 264 g/mol. The van der Waals surface area contributed by atoms with Crippen LogP contribution in [0.25, 0.3) is 6.08 Å². The molecule has 1 saturated heterocycles. The first-order valence-electron chi connectivity index (χ1n) is 5.82. The van der Waals surface area contributed by atoms with E-state index < -0.39 is 5.97 Å². The molecule has 0 amide bonds. The van der Waals surface area contributed by atoms with E-state index in [1.54, 1.807) is 12.1 Å². The molecule has 1 aromatic carbocycles. The molecular formula is C14H14O6. The minimum atomic E-state index is -0.622. The summed E-state index contributed by atoms with van der Waals surface area (Å²) in [6.45, 7) is -0.213. The highest BCUT2D eigenvalue weighted by atomic mass is 16.5. The van der Waals surface area contributed by atoms with Gasteiger partial charge in [0, 0.05) is 0 Å². The van der Waals surface area contributed by atoms with Crippen LogP contribution in [-0.4, -0.2) is 39.7 Å². The van der Waals surface area contributed by atoms with E-state index >= 15 is 0 Å². The Bertz CT molecular complexity index is 544. The predicted octanol–water partition coefficient (Wildman–Crippen LogP) is 1.22. The summed E-state index contributed by atoms with van der Waals surface area (Å²) >= 11 is 0. The van der Waals surface area contributed by atoms with E-state index in [2.05, 4.69) is 4.74 Å². The number of benzene rings is 1. The average Bonchev–Trinajstić information content (AvgIpc) is 2.77. The van der Waals surface area contributed by atoms with Crippen LogP contribution in [0.1, 0.15) is 5.56 Å². The number of hydrogen-bond donors (Lipinski definition) is 0. The first kappa shape index (κ1) is 13.9. The Morgan fingerprint density at radius 3 is 2.05 bits per heavy atom. The summed E-state index contributed by atoms with van der Waals surface area (Å²) in [5.74, 6) is 0.361. The van der Waals surface area contributed by atoms with Crippen molar-refractivity contribution in [1.29, 1.82) is 0 Å². The van der Waals surface area contributed by atoms with Gasteiger partial charge in [0.15, 0.2) is 18.1 Å². The zero-order chi connectivity index (χ0) is 14.7. The summed E-state index contributed by atoms with van der Waals surface area (Å²) in [5.41, 5.74) is 0.598. The van der Waals surface area contributed by atoms with E-state index in [1.165, 1.54) is 27.4 Å². The SMILES string of the molecule is COc1cc(/C=C2\C(=O)COC2=O)cc(OC)c1OC. The Balaban J connectivity index is 2.50. The van der Waals surface area contributed by atoms with E-state index in [0.717, 1.165) is 0 Å². The Kier molecular flexibility index (Phi) is 3.93. The molecule has 0 aliphatic carbocycles. The Morgan fingerprint density at radius 2 is 1.65 bits per heavy atom. The number of cyclic esters (lactones) is 1. The lowest BCUT2D eigenvalue weighted by Gasteiger charge is -2.12. The van der Waals surface area contributed by atoms with Crippen LogP contribution in [0.5, 0.6) is 17.2 Å². The van der Waals surface area contributed by atoms with Crippen molar-refractivity contribution in [3.05, 3.63) is 23.3 Å². The second-order valence-electron chi connectivity index (χ2n) is 4.02. The fraction of sp³-hybridized carbons (Fsp3) is 0.286. The van der Waals surface area contributed by atoms with Gasteiger partial charge in [0.05, 0.1) is 21.3 Å². The van der Waals surface area contributed by atoms with Crippen molar-refractivity contribution in [3.63, 3.8) is 0 Å². The van der Waals surface area contributed by atoms with Gasteiger partial charge < -0.3 is 18.9 Å². The molecule has 106 valence electrons. The summed E-state index contributed by atoms with van der Waals surface area (Å²) in [6.07, 6.45) is 1.45. The first-order chi connectivity index (χ1) is 9.60. The number of carbonyl (C=O) groups excluding carboxylic acids is 2. The van der Waals surface area contributed by atoms with Crippen LogP contribution in [0.4, 0.5) is 0 Å². The van der Waals surface area contributed by atoms with E-state index in [0.29, 0.717) is 22.8 Å². The van der Waals surface area contributed by atoms with Gasteiger partial charge in [0.2, 0.25) is 11.5 Å². The summed E-state index contributed by atoms with van der Waals surface area (Å²) in [5, 5.41) is 0. The van der Waals surface area contributed by atoms with Crippen LogP contribution in [0.2, 0.25) is 0 Å².